The summed E-state index contributed by atoms with van der Waals surface area (Å²) in [6.45, 7) is 1.94. The number of aromatic nitrogens is 1. The maximum atomic E-state index is 12.1. The third-order valence-corrected chi connectivity index (χ3v) is 4.71. The fourth-order valence-corrected chi connectivity index (χ4v) is 3.29. The molecule has 1 aromatic carbocycles. The van der Waals surface area contributed by atoms with Crippen LogP contribution in [-0.2, 0) is 5.75 Å². The summed E-state index contributed by atoms with van der Waals surface area (Å²) in [6, 6.07) is 13.6. The zero-order chi connectivity index (χ0) is 15.4. The first-order chi connectivity index (χ1) is 10.7. The van der Waals surface area contributed by atoms with Crippen LogP contribution >= 0.6 is 23.1 Å². The van der Waals surface area contributed by atoms with Gasteiger partial charge in [0.15, 0.2) is 10.9 Å². The summed E-state index contributed by atoms with van der Waals surface area (Å²) < 4.78 is 5.59. The van der Waals surface area contributed by atoms with Crippen LogP contribution in [-0.4, -0.2) is 10.9 Å². The van der Waals surface area contributed by atoms with Crippen molar-refractivity contribution in [3.8, 4) is 0 Å². The lowest BCUT2D eigenvalue weighted by molar-refractivity contribution is 0.0995. The van der Waals surface area contributed by atoms with E-state index in [-0.39, 0.29) is 5.91 Å². The fraction of sp³-hybridized carbons (Fsp3) is 0.125. The van der Waals surface area contributed by atoms with Gasteiger partial charge in [0.25, 0.3) is 5.91 Å². The van der Waals surface area contributed by atoms with Crippen molar-refractivity contribution >= 4 is 34.1 Å². The average Bonchev–Trinajstić information content (AvgIpc) is 3.15. The van der Waals surface area contributed by atoms with E-state index >= 15 is 0 Å². The Labute approximate surface area is 136 Å². The minimum Gasteiger partial charge on any atom is -0.455 e. The Kier molecular flexibility index (Phi) is 4.60. The first-order valence-corrected chi connectivity index (χ1v) is 8.51. The summed E-state index contributed by atoms with van der Waals surface area (Å²) in [5, 5.41) is 3.32. The minimum absolute atomic E-state index is 0.273. The smallest absolute Gasteiger partial charge is 0.293 e. The number of carbonyl (C=O) groups is 1. The molecule has 1 amide bonds. The highest BCUT2D eigenvalue weighted by Crippen LogP contribution is 2.24. The maximum absolute atomic E-state index is 12.1. The van der Waals surface area contributed by atoms with Gasteiger partial charge in [0.2, 0.25) is 0 Å². The maximum Gasteiger partial charge on any atom is 0.293 e. The van der Waals surface area contributed by atoms with E-state index in [1.165, 1.54) is 16.2 Å². The Morgan fingerprint density at radius 1 is 1.27 bits per heavy atom. The van der Waals surface area contributed by atoms with E-state index in [0.29, 0.717) is 16.6 Å². The number of amides is 1. The van der Waals surface area contributed by atoms with Gasteiger partial charge in [0.1, 0.15) is 5.76 Å². The lowest BCUT2D eigenvalue weighted by atomic mass is 10.4. The van der Waals surface area contributed by atoms with Crippen molar-refractivity contribution < 1.29 is 9.21 Å². The zero-order valence-electron chi connectivity index (χ0n) is 11.9. The summed E-state index contributed by atoms with van der Waals surface area (Å²) in [6.07, 6.45) is 1.73. The molecule has 6 heteroatoms. The summed E-state index contributed by atoms with van der Waals surface area (Å²) in [7, 11) is 0. The molecule has 0 saturated heterocycles. The first-order valence-electron chi connectivity index (χ1n) is 6.71. The van der Waals surface area contributed by atoms with E-state index in [1.807, 2.05) is 43.3 Å². The van der Waals surface area contributed by atoms with Crippen molar-refractivity contribution in [3.05, 3.63) is 65.1 Å². The van der Waals surface area contributed by atoms with Gasteiger partial charge in [-0.25, -0.2) is 4.98 Å². The SMILES string of the molecule is Cc1cnc(NC(=O)c2ccc(CSc3ccccc3)o2)s1. The number of rotatable bonds is 5. The number of nitrogens with zero attached hydrogens (tertiary/aromatic N) is 1. The highest BCUT2D eigenvalue weighted by Gasteiger charge is 2.13. The van der Waals surface area contributed by atoms with Crippen LogP contribution in [0.1, 0.15) is 21.2 Å². The van der Waals surface area contributed by atoms with E-state index in [2.05, 4.69) is 10.3 Å². The number of aryl methyl sites for hydroxylation is 1. The molecule has 2 heterocycles. The molecule has 0 radical (unpaired) electrons. The Morgan fingerprint density at radius 3 is 2.82 bits per heavy atom. The minimum atomic E-state index is -0.273. The van der Waals surface area contributed by atoms with Crippen LogP contribution in [0.4, 0.5) is 5.13 Å². The molecular weight excluding hydrogens is 316 g/mol. The molecule has 2 aromatic heterocycles. The fourth-order valence-electron chi connectivity index (χ4n) is 1.82. The van der Waals surface area contributed by atoms with Gasteiger partial charge in [0.05, 0.1) is 5.75 Å². The standard InChI is InChI=1S/C16H14N2O2S2/c1-11-9-17-16(22-11)18-15(19)14-8-7-12(20-14)10-21-13-5-3-2-4-6-13/h2-9H,10H2,1H3,(H,17,18,19). The number of hydrogen-bond acceptors (Lipinski definition) is 5. The summed E-state index contributed by atoms with van der Waals surface area (Å²) in [4.78, 5) is 18.4. The molecular formula is C16H14N2O2S2. The van der Waals surface area contributed by atoms with Gasteiger partial charge in [-0.05, 0) is 31.2 Å². The largest absolute Gasteiger partial charge is 0.455 e. The predicted molar refractivity (Wildman–Crippen MR) is 89.5 cm³/mol. The number of thioether (sulfide) groups is 1. The van der Waals surface area contributed by atoms with Crippen LogP contribution in [0.15, 0.2) is 58.0 Å². The predicted octanol–water partition coefficient (Wildman–Crippen LogP) is 4.59. The Hall–Kier alpha value is -2.05. The van der Waals surface area contributed by atoms with E-state index in [0.717, 1.165) is 10.6 Å². The van der Waals surface area contributed by atoms with Crippen molar-refractivity contribution in [3.63, 3.8) is 0 Å². The molecule has 0 spiro atoms. The molecule has 4 nitrogen and oxygen atoms in total. The normalized spacial score (nSPS) is 10.6. The molecule has 0 fully saturated rings. The number of furan rings is 1. The number of hydrogen-bond donors (Lipinski definition) is 1. The van der Waals surface area contributed by atoms with Crippen LogP contribution in [0, 0.1) is 6.92 Å². The summed E-state index contributed by atoms with van der Waals surface area (Å²) in [5.74, 6) is 1.49. The third kappa shape index (κ3) is 3.78. The molecule has 0 bridgehead atoms. The molecule has 0 saturated carbocycles. The van der Waals surface area contributed by atoms with Gasteiger partial charge in [-0.3, -0.25) is 10.1 Å². The van der Waals surface area contributed by atoms with Crippen molar-refractivity contribution in [1.82, 2.24) is 4.98 Å². The highest BCUT2D eigenvalue weighted by molar-refractivity contribution is 7.98. The first kappa shape index (κ1) is 14.9. The second kappa shape index (κ2) is 6.81. The average molecular weight is 330 g/mol. The molecule has 0 unspecified atom stereocenters. The van der Waals surface area contributed by atoms with Gasteiger partial charge in [-0.2, -0.15) is 0 Å². The quantitative estimate of drug-likeness (QED) is 0.695. The second-order valence-corrected chi connectivity index (χ2v) is 6.88. The van der Waals surface area contributed by atoms with E-state index in [1.54, 1.807) is 24.0 Å². The van der Waals surface area contributed by atoms with Crippen LogP contribution in [0.25, 0.3) is 0 Å². The number of thiazole rings is 1. The second-order valence-electron chi connectivity index (χ2n) is 4.60. The van der Waals surface area contributed by atoms with Gasteiger partial charge in [0, 0.05) is 16.0 Å². The Bertz CT molecular complexity index is 765. The Morgan fingerprint density at radius 2 is 2.09 bits per heavy atom. The molecule has 1 N–H and O–H groups in total. The van der Waals surface area contributed by atoms with Crippen molar-refractivity contribution in [1.29, 1.82) is 0 Å². The monoisotopic (exact) mass is 330 g/mol. The molecule has 3 rings (SSSR count). The number of carbonyl (C=O) groups excluding carboxylic acids is 1. The topological polar surface area (TPSA) is 55.1 Å². The lowest BCUT2D eigenvalue weighted by Gasteiger charge is -1.99. The summed E-state index contributed by atoms with van der Waals surface area (Å²) >= 11 is 3.11. The van der Waals surface area contributed by atoms with E-state index < -0.39 is 0 Å². The van der Waals surface area contributed by atoms with Gasteiger partial charge >= 0.3 is 0 Å². The molecule has 0 atom stereocenters. The molecule has 0 aliphatic heterocycles. The summed E-state index contributed by atoms with van der Waals surface area (Å²) in [5.41, 5.74) is 0. The van der Waals surface area contributed by atoms with Crippen LogP contribution in [0.2, 0.25) is 0 Å². The van der Waals surface area contributed by atoms with Gasteiger partial charge in [-0.1, -0.05) is 18.2 Å². The number of benzene rings is 1. The van der Waals surface area contributed by atoms with Crippen molar-refractivity contribution in [2.75, 3.05) is 5.32 Å². The number of nitrogens with one attached hydrogen (secondary N) is 1. The highest BCUT2D eigenvalue weighted by atomic mass is 32.2. The number of anilines is 1. The van der Waals surface area contributed by atoms with Gasteiger partial charge < -0.3 is 4.42 Å². The molecule has 112 valence electrons. The zero-order valence-corrected chi connectivity index (χ0v) is 13.5. The molecule has 22 heavy (non-hydrogen) atoms. The Balaban J connectivity index is 1.59. The van der Waals surface area contributed by atoms with Crippen LogP contribution in [0.3, 0.4) is 0 Å². The lowest BCUT2D eigenvalue weighted by Crippen LogP contribution is -2.10. The molecule has 0 aliphatic carbocycles. The third-order valence-electron chi connectivity index (χ3n) is 2.85. The molecule has 0 aliphatic rings. The van der Waals surface area contributed by atoms with Crippen LogP contribution in [0.5, 0.6) is 0 Å². The van der Waals surface area contributed by atoms with Crippen LogP contribution < -0.4 is 5.32 Å². The van der Waals surface area contributed by atoms with Gasteiger partial charge in [-0.15, -0.1) is 23.1 Å². The molecule has 3 aromatic rings. The van der Waals surface area contributed by atoms with E-state index in [4.69, 9.17) is 4.42 Å². The van der Waals surface area contributed by atoms with Crippen molar-refractivity contribution in [2.24, 2.45) is 0 Å². The van der Waals surface area contributed by atoms with E-state index in [9.17, 15) is 4.79 Å². The van der Waals surface area contributed by atoms with Crippen molar-refractivity contribution in [2.45, 2.75) is 17.6 Å².